The second-order valence-electron chi connectivity index (χ2n) is 3.78. The minimum Gasteiger partial charge on any atom is -0.492 e. The highest BCUT2D eigenvalue weighted by Crippen LogP contribution is 2.34. The molecule has 0 heterocycles. The Hall–Kier alpha value is -1.34. The number of methoxy groups -OCH3 is 2. The number of hydrogen-bond donors (Lipinski definition) is 0. The fraction of sp³-hybridized carbons (Fsp3) is 0.286. The van der Waals surface area contributed by atoms with Crippen LogP contribution in [0.15, 0.2) is 26.7 Å². The number of carbonyl (C=O) groups is 2. The number of hydrogen-bond acceptors (Lipinski definition) is 5. The van der Waals surface area contributed by atoms with E-state index in [2.05, 4.69) is 41.3 Å². The molecular weight excluding hydrogens is 408 g/mol. The fourth-order valence-corrected chi connectivity index (χ4v) is 2.93. The van der Waals surface area contributed by atoms with Crippen LogP contribution in [0, 0.1) is 0 Å². The molecule has 1 aromatic carbocycles. The van der Waals surface area contributed by atoms with Crippen molar-refractivity contribution in [2.24, 2.45) is 0 Å². The van der Waals surface area contributed by atoms with Gasteiger partial charge in [-0.25, -0.2) is 9.59 Å². The van der Waals surface area contributed by atoms with Crippen LogP contribution in [-0.4, -0.2) is 32.8 Å². The molecule has 0 saturated carbocycles. The van der Waals surface area contributed by atoms with Crippen molar-refractivity contribution in [2.75, 3.05) is 20.8 Å². The third-order valence-electron chi connectivity index (χ3n) is 2.44. The molecule has 0 atom stereocenters. The molecule has 0 fully saturated rings. The van der Waals surface area contributed by atoms with Crippen LogP contribution in [0.25, 0.3) is 6.08 Å². The summed E-state index contributed by atoms with van der Waals surface area (Å²) < 4.78 is 16.2. The average molecular weight is 422 g/mol. The highest BCUT2D eigenvalue weighted by Gasteiger charge is 2.21. The second kappa shape index (κ2) is 8.19. The van der Waals surface area contributed by atoms with Crippen molar-refractivity contribution in [3.8, 4) is 5.75 Å². The van der Waals surface area contributed by atoms with Gasteiger partial charge in [-0.05, 0) is 41.1 Å². The van der Waals surface area contributed by atoms with Gasteiger partial charge >= 0.3 is 11.9 Å². The van der Waals surface area contributed by atoms with Crippen molar-refractivity contribution in [2.45, 2.75) is 6.92 Å². The lowest BCUT2D eigenvalue weighted by molar-refractivity contribution is -0.143. The van der Waals surface area contributed by atoms with Gasteiger partial charge in [-0.1, -0.05) is 15.9 Å². The first-order valence-corrected chi connectivity index (χ1v) is 7.53. The summed E-state index contributed by atoms with van der Waals surface area (Å²) >= 11 is 6.73. The standard InChI is InChI=1S/C14H14Br2O5/c1-4-21-12-8(5-9(15)7-11(12)16)6-10(13(17)19-2)14(18)20-3/h5-7H,4H2,1-3H3. The Morgan fingerprint density at radius 2 is 1.71 bits per heavy atom. The molecule has 1 aromatic rings. The van der Waals surface area contributed by atoms with Gasteiger partial charge in [0.15, 0.2) is 0 Å². The van der Waals surface area contributed by atoms with Crippen molar-refractivity contribution in [3.05, 3.63) is 32.2 Å². The summed E-state index contributed by atoms with van der Waals surface area (Å²) in [5.41, 5.74) is 0.329. The largest absolute Gasteiger partial charge is 0.492 e. The molecule has 0 bridgehead atoms. The lowest BCUT2D eigenvalue weighted by Crippen LogP contribution is -2.15. The average Bonchev–Trinajstić information content (AvgIpc) is 2.46. The van der Waals surface area contributed by atoms with Gasteiger partial charge in [0.1, 0.15) is 11.3 Å². The van der Waals surface area contributed by atoms with Gasteiger partial charge < -0.3 is 14.2 Å². The van der Waals surface area contributed by atoms with Gasteiger partial charge in [0.2, 0.25) is 0 Å². The van der Waals surface area contributed by atoms with Gasteiger partial charge in [0, 0.05) is 10.0 Å². The van der Waals surface area contributed by atoms with E-state index >= 15 is 0 Å². The Kier molecular flexibility index (Phi) is 6.91. The minimum atomic E-state index is -0.777. The summed E-state index contributed by atoms with van der Waals surface area (Å²) in [5.74, 6) is -1.04. The van der Waals surface area contributed by atoms with Crippen molar-refractivity contribution in [1.82, 2.24) is 0 Å². The molecule has 0 amide bonds. The fourth-order valence-electron chi connectivity index (χ4n) is 1.56. The zero-order valence-corrected chi connectivity index (χ0v) is 14.9. The van der Waals surface area contributed by atoms with E-state index in [1.807, 2.05) is 6.92 Å². The smallest absolute Gasteiger partial charge is 0.345 e. The van der Waals surface area contributed by atoms with Gasteiger partial charge in [0.25, 0.3) is 0 Å². The van der Waals surface area contributed by atoms with Crippen LogP contribution in [0.2, 0.25) is 0 Å². The van der Waals surface area contributed by atoms with Gasteiger partial charge in [-0.15, -0.1) is 0 Å². The van der Waals surface area contributed by atoms with Crippen LogP contribution in [0.1, 0.15) is 12.5 Å². The maximum Gasteiger partial charge on any atom is 0.345 e. The Morgan fingerprint density at radius 3 is 2.19 bits per heavy atom. The molecule has 0 aromatic heterocycles. The molecule has 21 heavy (non-hydrogen) atoms. The van der Waals surface area contributed by atoms with Crippen molar-refractivity contribution < 1.29 is 23.8 Å². The molecule has 1 rings (SSSR count). The third kappa shape index (κ3) is 4.57. The topological polar surface area (TPSA) is 61.8 Å². The number of esters is 2. The van der Waals surface area contributed by atoms with E-state index in [1.54, 1.807) is 12.1 Å². The predicted octanol–water partition coefficient (Wildman–Crippen LogP) is 3.34. The van der Waals surface area contributed by atoms with Crippen LogP contribution in [0.3, 0.4) is 0 Å². The molecule has 0 unspecified atom stereocenters. The van der Waals surface area contributed by atoms with E-state index in [9.17, 15) is 9.59 Å². The molecule has 0 spiro atoms. The third-order valence-corrected chi connectivity index (χ3v) is 3.48. The highest BCUT2D eigenvalue weighted by atomic mass is 79.9. The molecule has 0 radical (unpaired) electrons. The minimum absolute atomic E-state index is 0.217. The van der Waals surface area contributed by atoms with E-state index in [1.165, 1.54) is 20.3 Å². The summed E-state index contributed by atoms with van der Waals surface area (Å²) in [6, 6.07) is 3.53. The molecule has 0 aliphatic heterocycles. The first kappa shape index (κ1) is 17.7. The predicted molar refractivity (Wildman–Crippen MR) is 85.0 cm³/mol. The number of rotatable bonds is 5. The van der Waals surface area contributed by atoms with Gasteiger partial charge in [-0.2, -0.15) is 0 Å². The maximum atomic E-state index is 11.7. The molecule has 0 aliphatic carbocycles. The van der Waals surface area contributed by atoms with Gasteiger partial charge in [0.05, 0.1) is 25.3 Å². The summed E-state index contributed by atoms with van der Waals surface area (Å²) in [5, 5.41) is 0. The normalized spacial score (nSPS) is 9.76. The lowest BCUT2D eigenvalue weighted by atomic mass is 10.1. The first-order chi connectivity index (χ1) is 9.94. The number of halogens is 2. The molecule has 0 aliphatic rings. The van der Waals surface area contributed by atoms with Crippen molar-refractivity contribution in [3.63, 3.8) is 0 Å². The van der Waals surface area contributed by atoms with E-state index in [0.717, 1.165) is 4.47 Å². The molecule has 0 N–H and O–H groups in total. The van der Waals surface area contributed by atoms with Crippen LogP contribution >= 0.6 is 31.9 Å². The molecule has 0 saturated heterocycles. The van der Waals surface area contributed by atoms with E-state index < -0.39 is 11.9 Å². The van der Waals surface area contributed by atoms with E-state index in [-0.39, 0.29) is 5.57 Å². The Bertz CT molecular complexity index is 563. The van der Waals surface area contributed by atoms with E-state index in [0.29, 0.717) is 22.4 Å². The summed E-state index contributed by atoms with van der Waals surface area (Å²) in [4.78, 5) is 23.4. The van der Waals surface area contributed by atoms with E-state index in [4.69, 9.17) is 4.74 Å². The number of benzene rings is 1. The van der Waals surface area contributed by atoms with Crippen LogP contribution in [0.5, 0.6) is 5.75 Å². The summed E-state index contributed by atoms with van der Waals surface area (Å²) in [7, 11) is 2.39. The Morgan fingerprint density at radius 1 is 1.14 bits per heavy atom. The van der Waals surface area contributed by atoms with Crippen LogP contribution < -0.4 is 4.74 Å². The Balaban J connectivity index is 3.44. The van der Waals surface area contributed by atoms with Crippen molar-refractivity contribution >= 4 is 49.9 Å². The Labute approximate surface area is 139 Å². The maximum absolute atomic E-state index is 11.7. The molecular formula is C14H14Br2O5. The quantitative estimate of drug-likeness (QED) is 0.316. The highest BCUT2D eigenvalue weighted by molar-refractivity contribution is 9.11. The SMILES string of the molecule is CCOc1c(Br)cc(Br)cc1C=C(C(=O)OC)C(=O)OC. The second-order valence-corrected chi connectivity index (χ2v) is 5.55. The lowest BCUT2D eigenvalue weighted by Gasteiger charge is -2.11. The molecule has 114 valence electrons. The van der Waals surface area contributed by atoms with Gasteiger partial charge in [-0.3, -0.25) is 0 Å². The van der Waals surface area contributed by atoms with Crippen LogP contribution in [0.4, 0.5) is 0 Å². The number of carbonyl (C=O) groups excluding carboxylic acids is 2. The zero-order chi connectivity index (χ0) is 16.0. The summed E-state index contributed by atoms with van der Waals surface area (Å²) in [6.07, 6.45) is 1.37. The van der Waals surface area contributed by atoms with Crippen LogP contribution in [-0.2, 0) is 19.1 Å². The number of ether oxygens (including phenoxy) is 3. The molecule has 7 heteroatoms. The van der Waals surface area contributed by atoms with Crippen molar-refractivity contribution in [1.29, 1.82) is 0 Å². The summed E-state index contributed by atoms with van der Waals surface area (Å²) in [6.45, 7) is 2.27. The monoisotopic (exact) mass is 420 g/mol. The molecule has 5 nitrogen and oxygen atoms in total. The first-order valence-electron chi connectivity index (χ1n) is 5.94. The zero-order valence-electron chi connectivity index (χ0n) is 11.7.